The standard InChI is InChI=1S/C12H23N2.Re.Rf/c13-8-3-11-1-4-12(5-2-11)6-9-14-10-7-12;;/h11,13-14H,1-10H2;;/q-1;;. The van der Waals surface area contributed by atoms with Crippen LogP contribution in [0, 0.1) is 11.3 Å². The Labute approximate surface area is 107 Å². The van der Waals surface area contributed by atoms with Gasteiger partial charge in [0.2, 0.25) is 0 Å². The summed E-state index contributed by atoms with van der Waals surface area (Å²) in [6.07, 6.45) is 9.64. The van der Waals surface area contributed by atoms with Crippen molar-refractivity contribution in [1.82, 2.24) is 5.32 Å². The van der Waals surface area contributed by atoms with Gasteiger partial charge in [0.1, 0.15) is 0 Å². The summed E-state index contributed by atoms with van der Waals surface area (Å²) in [5, 5.41) is 3.46. The zero-order valence-corrected chi connectivity index (χ0v) is 19.3. The molecule has 1 spiro atoms. The van der Waals surface area contributed by atoms with Crippen LogP contribution in [0.15, 0.2) is 0 Å². The summed E-state index contributed by atoms with van der Waals surface area (Å²) in [7, 11) is 0. The summed E-state index contributed by atoms with van der Waals surface area (Å²) in [5.41, 5.74) is 7.98. The summed E-state index contributed by atoms with van der Waals surface area (Å²) in [6.45, 7) is 3.12. The number of hydrogen-bond donors (Lipinski definition) is 1. The van der Waals surface area contributed by atoms with Crippen molar-refractivity contribution in [1.29, 1.82) is 0 Å². The molecule has 1 saturated heterocycles. The Bertz CT molecular complexity index is 174. The minimum atomic E-state index is 0. The van der Waals surface area contributed by atoms with Crippen molar-refractivity contribution in [3.8, 4) is 0 Å². The van der Waals surface area contributed by atoms with Crippen LogP contribution in [0.3, 0.4) is 0 Å². The average Bonchev–Trinajstić information content (AvgIpc) is 2.24. The van der Waals surface area contributed by atoms with Crippen molar-refractivity contribution in [3.05, 3.63) is 5.73 Å². The van der Waals surface area contributed by atoms with Gasteiger partial charge in [0.25, 0.3) is 0 Å². The Morgan fingerprint density at radius 1 is 1.06 bits per heavy atom. The third-order valence-electron chi connectivity index (χ3n) is 4.38. The second-order valence-corrected chi connectivity index (χ2v) is 5.23. The Balaban J connectivity index is 0.00000112. The fourth-order valence-electron chi connectivity index (χ4n) is 3.24. The third kappa shape index (κ3) is 3.56. The van der Waals surface area contributed by atoms with Crippen molar-refractivity contribution in [2.75, 3.05) is 19.6 Å². The van der Waals surface area contributed by atoms with Gasteiger partial charge in [-0.1, -0.05) is 6.42 Å². The molecule has 1 aliphatic heterocycles. The second kappa shape index (κ2) is 7.02. The number of nitrogens with one attached hydrogen (secondary N) is 2. The molecule has 0 aromatic rings. The maximum atomic E-state index is 7.26. The molecule has 0 aromatic carbocycles. The molecule has 4 heteroatoms. The molecule has 2 fully saturated rings. The van der Waals surface area contributed by atoms with Gasteiger partial charge in [0, 0.05) is 20.4 Å². The van der Waals surface area contributed by atoms with Gasteiger partial charge in [-0.05, 0) is 62.9 Å². The Hall–Kier alpha value is -0.418. The first-order valence-corrected chi connectivity index (χ1v) is 6.20. The number of hydrogen-bond acceptors (Lipinski definition) is 1. The van der Waals surface area contributed by atoms with E-state index in [0.29, 0.717) is 12.0 Å². The third-order valence-corrected chi connectivity index (χ3v) is 4.38. The molecule has 0 amide bonds. The van der Waals surface area contributed by atoms with Gasteiger partial charge >= 0.3 is 0 Å². The van der Waals surface area contributed by atoms with Crippen LogP contribution in [0.1, 0.15) is 44.9 Å². The second-order valence-electron chi connectivity index (χ2n) is 5.23. The molecule has 1 aliphatic carbocycles. The van der Waals surface area contributed by atoms with Crippen molar-refractivity contribution in [2.24, 2.45) is 11.3 Å². The minimum Gasteiger partial charge on any atom is -0.677 e. The van der Waals surface area contributed by atoms with E-state index in [-0.39, 0.29) is 20.4 Å². The summed E-state index contributed by atoms with van der Waals surface area (Å²) in [4.78, 5) is 0. The molecular formula is C12H23N2ReRf-. The quantitative estimate of drug-likeness (QED) is 0.492. The van der Waals surface area contributed by atoms with Crippen LogP contribution in [-0.2, 0) is 20.4 Å². The van der Waals surface area contributed by atoms with E-state index in [1.54, 1.807) is 0 Å². The van der Waals surface area contributed by atoms with E-state index in [0.717, 1.165) is 12.3 Å². The average molecular weight is 649 g/mol. The number of rotatable bonds is 2. The molecular weight excluding hydrogens is 625 g/mol. The van der Waals surface area contributed by atoms with Crippen LogP contribution in [-0.4, -0.2) is 19.6 Å². The molecule has 0 unspecified atom stereocenters. The molecule has 1 heterocycles. The normalized spacial score (nSPS) is 24.6. The minimum absolute atomic E-state index is 0. The fourth-order valence-corrected chi connectivity index (χ4v) is 3.24. The Morgan fingerprint density at radius 3 is 2.12 bits per heavy atom. The smallest absolute Gasteiger partial charge is 0 e. The van der Waals surface area contributed by atoms with Gasteiger partial charge < -0.3 is 11.1 Å². The molecule has 2 aliphatic rings. The zero-order chi connectivity index (χ0) is 9.86. The molecule has 1 radical (unpaired) electrons. The van der Waals surface area contributed by atoms with E-state index in [1.807, 2.05) is 0 Å². The topological polar surface area (TPSA) is 35.8 Å². The van der Waals surface area contributed by atoms with E-state index in [9.17, 15) is 0 Å². The molecule has 2 rings (SSSR count). The first-order valence-electron chi connectivity index (χ1n) is 6.20. The van der Waals surface area contributed by atoms with Gasteiger partial charge in [0.05, 0.1) is 0 Å². The Kier molecular flexibility index (Phi) is 6.83. The van der Waals surface area contributed by atoms with E-state index in [1.165, 1.54) is 51.6 Å². The Morgan fingerprint density at radius 2 is 1.62 bits per heavy atom. The van der Waals surface area contributed by atoms with Crippen molar-refractivity contribution in [3.63, 3.8) is 0 Å². The fraction of sp³-hybridized carbons (Fsp3) is 1.00. The molecule has 1 saturated carbocycles. The van der Waals surface area contributed by atoms with Crippen LogP contribution in [0.25, 0.3) is 5.73 Å². The summed E-state index contributed by atoms with van der Waals surface area (Å²) >= 11 is 0. The number of piperidine rings is 1. The van der Waals surface area contributed by atoms with Crippen molar-refractivity contribution in [2.45, 2.75) is 44.9 Å². The summed E-state index contributed by atoms with van der Waals surface area (Å²) < 4.78 is 0. The maximum Gasteiger partial charge on any atom is 0 e. The predicted octanol–water partition coefficient (Wildman–Crippen LogP) is 2.99. The van der Waals surface area contributed by atoms with Crippen molar-refractivity contribution < 1.29 is 20.4 Å². The first-order chi connectivity index (χ1) is 6.85. The van der Waals surface area contributed by atoms with E-state index in [2.05, 4.69) is 5.32 Å². The predicted molar refractivity (Wildman–Crippen MR) is 60.3 cm³/mol. The molecule has 0 aromatic heterocycles. The molecule has 91 valence electrons. The molecule has 0 bridgehead atoms. The van der Waals surface area contributed by atoms with Gasteiger partial charge in [-0.15, -0.1) is 0 Å². The molecule has 0 atom stereocenters. The van der Waals surface area contributed by atoms with Gasteiger partial charge in [-0.3, -0.25) is 0 Å². The van der Waals surface area contributed by atoms with Crippen LogP contribution in [0.2, 0.25) is 0 Å². The van der Waals surface area contributed by atoms with E-state index in [4.69, 9.17) is 5.73 Å². The summed E-state index contributed by atoms with van der Waals surface area (Å²) in [6, 6.07) is 0. The van der Waals surface area contributed by atoms with E-state index >= 15 is 0 Å². The van der Waals surface area contributed by atoms with Crippen LogP contribution >= 0.6 is 0 Å². The molecule has 16 heavy (non-hydrogen) atoms. The van der Waals surface area contributed by atoms with Crippen LogP contribution in [0.4, 0.5) is 0 Å². The molecule has 2 N–H and O–H groups in total. The van der Waals surface area contributed by atoms with Crippen LogP contribution in [0.5, 0.6) is 0 Å². The monoisotopic (exact) mass is 649 g/mol. The first kappa shape index (κ1) is 15.6. The summed E-state index contributed by atoms with van der Waals surface area (Å²) in [5.74, 6) is 0.882. The zero-order valence-electron chi connectivity index (χ0n) is 10.2. The maximum absolute atomic E-state index is 7.26. The molecule has 2 nitrogen and oxygen atoms in total. The van der Waals surface area contributed by atoms with Crippen LogP contribution < -0.4 is 5.32 Å². The van der Waals surface area contributed by atoms with E-state index < -0.39 is 0 Å². The van der Waals surface area contributed by atoms with Gasteiger partial charge in [-0.2, -0.15) is 6.54 Å². The van der Waals surface area contributed by atoms with Gasteiger partial charge in [-0.25, -0.2) is 0 Å². The SMILES string of the molecule is [NH-]CCC1CCC2(CCNCC2)CC1.[Re].[Rf]. The van der Waals surface area contributed by atoms with Crippen molar-refractivity contribution >= 4 is 0 Å². The van der Waals surface area contributed by atoms with Gasteiger partial charge in [0.15, 0.2) is 0 Å². The largest absolute Gasteiger partial charge is 0.677 e.